The summed E-state index contributed by atoms with van der Waals surface area (Å²) in [5, 5.41) is 7.62. The third-order valence-electron chi connectivity index (χ3n) is 6.67. The van der Waals surface area contributed by atoms with Crippen LogP contribution in [0.3, 0.4) is 0 Å². The van der Waals surface area contributed by atoms with E-state index in [0.29, 0.717) is 17.7 Å². The van der Waals surface area contributed by atoms with Gasteiger partial charge in [0.2, 0.25) is 5.78 Å². The van der Waals surface area contributed by atoms with Crippen molar-refractivity contribution in [2.45, 2.75) is 60.5 Å². The molecule has 1 N–H and O–H groups in total. The zero-order chi connectivity index (χ0) is 27.2. The summed E-state index contributed by atoms with van der Waals surface area (Å²) in [5.74, 6) is -0.163. The number of aryl methyl sites for hydroxylation is 2. The molecule has 0 saturated heterocycles. The van der Waals surface area contributed by atoms with Gasteiger partial charge in [-0.2, -0.15) is 0 Å². The SMILES string of the molecule is Cc1ccc(C(=O)C(C)n2nc3n(C(C)C)c(=O)c4ccc(C(=O)NCC(C)C)cc4n3c2=O)cc1C. The number of amides is 1. The average Bonchev–Trinajstić information content (AvgIpc) is 3.19. The summed E-state index contributed by atoms with van der Waals surface area (Å²) in [4.78, 5) is 53.2. The van der Waals surface area contributed by atoms with E-state index in [0.717, 1.165) is 15.8 Å². The molecule has 2 aromatic carbocycles. The Balaban J connectivity index is 1.93. The highest BCUT2D eigenvalue weighted by atomic mass is 16.2. The summed E-state index contributed by atoms with van der Waals surface area (Å²) in [7, 11) is 0. The van der Waals surface area contributed by atoms with Crippen LogP contribution in [-0.4, -0.2) is 37.0 Å². The van der Waals surface area contributed by atoms with Crippen molar-refractivity contribution in [1.82, 2.24) is 24.1 Å². The fourth-order valence-electron chi connectivity index (χ4n) is 4.36. The zero-order valence-electron chi connectivity index (χ0n) is 22.3. The Hall–Kier alpha value is -4.01. The molecule has 0 aliphatic carbocycles. The molecule has 1 unspecified atom stereocenters. The molecule has 0 fully saturated rings. The number of ketones is 1. The summed E-state index contributed by atoms with van der Waals surface area (Å²) in [6.07, 6.45) is 0. The molecule has 0 aliphatic rings. The summed E-state index contributed by atoms with van der Waals surface area (Å²) in [5.41, 5.74) is 2.25. The first kappa shape index (κ1) is 26.1. The number of fused-ring (bicyclic) bond motifs is 3. The van der Waals surface area contributed by atoms with Crippen molar-refractivity contribution < 1.29 is 9.59 Å². The van der Waals surface area contributed by atoms with Crippen LogP contribution >= 0.6 is 0 Å². The van der Waals surface area contributed by atoms with E-state index in [2.05, 4.69) is 10.4 Å². The Labute approximate surface area is 214 Å². The van der Waals surface area contributed by atoms with Crippen molar-refractivity contribution in [3.8, 4) is 0 Å². The van der Waals surface area contributed by atoms with Crippen LogP contribution in [0.1, 0.15) is 78.5 Å². The van der Waals surface area contributed by atoms with Gasteiger partial charge in [-0.1, -0.05) is 26.0 Å². The first-order valence-electron chi connectivity index (χ1n) is 12.5. The topological polar surface area (TPSA) is 107 Å². The van der Waals surface area contributed by atoms with E-state index in [1.807, 2.05) is 47.6 Å². The van der Waals surface area contributed by atoms with E-state index in [-0.39, 0.29) is 45.9 Å². The molecule has 1 amide bonds. The monoisotopic (exact) mass is 503 g/mol. The fraction of sp³-hybridized carbons (Fsp3) is 0.393. The molecule has 4 rings (SSSR count). The number of benzene rings is 2. The van der Waals surface area contributed by atoms with Gasteiger partial charge in [0.1, 0.15) is 6.04 Å². The lowest BCUT2D eigenvalue weighted by atomic mass is 10.0. The standard InChI is InChI=1S/C28H33N5O4/c1-15(2)14-29-25(35)21-10-11-22-23(13-21)32-27(31(16(3)4)26(22)36)30-33(28(32)37)19(7)24(34)20-9-8-17(5)18(6)12-20/h8-13,15-16,19H,14H2,1-7H3,(H,29,35). The van der Waals surface area contributed by atoms with Gasteiger partial charge in [0.25, 0.3) is 11.5 Å². The molecule has 2 heterocycles. The molecule has 9 heteroatoms. The largest absolute Gasteiger partial charge is 0.352 e. The first-order chi connectivity index (χ1) is 17.4. The molecule has 194 valence electrons. The Morgan fingerprint density at radius 2 is 1.59 bits per heavy atom. The van der Waals surface area contributed by atoms with Crippen molar-refractivity contribution in [3.63, 3.8) is 0 Å². The Morgan fingerprint density at radius 1 is 0.919 bits per heavy atom. The molecule has 0 spiro atoms. The quantitative estimate of drug-likeness (QED) is 0.386. The Morgan fingerprint density at radius 3 is 2.22 bits per heavy atom. The van der Waals surface area contributed by atoms with Crippen LogP contribution in [0.15, 0.2) is 46.0 Å². The molecule has 0 aliphatic heterocycles. The van der Waals surface area contributed by atoms with E-state index in [1.165, 1.54) is 15.0 Å². The summed E-state index contributed by atoms with van der Waals surface area (Å²) in [6, 6.07) is 8.89. The van der Waals surface area contributed by atoms with E-state index in [9.17, 15) is 19.2 Å². The molecular weight excluding hydrogens is 470 g/mol. The van der Waals surface area contributed by atoms with Crippen LogP contribution in [0.25, 0.3) is 16.7 Å². The molecule has 0 radical (unpaired) electrons. The van der Waals surface area contributed by atoms with Gasteiger partial charge in [-0.3, -0.25) is 19.0 Å². The van der Waals surface area contributed by atoms with E-state index >= 15 is 0 Å². The lowest BCUT2D eigenvalue weighted by Crippen LogP contribution is -2.30. The third-order valence-corrected chi connectivity index (χ3v) is 6.67. The summed E-state index contributed by atoms with van der Waals surface area (Å²) < 4.78 is 3.88. The summed E-state index contributed by atoms with van der Waals surface area (Å²) in [6.45, 7) is 13.7. The van der Waals surface area contributed by atoms with Gasteiger partial charge in [0, 0.05) is 23.7 Å². The smallest absolute Gasteiger partial charge is 0.352 e. The minimum Gasteiger partial charge on any atom is -0.352 e. The molecule has 4 aromatic rings. The average molecular weight is 504 g/mol. The number of hydrogen-bond acceptors (Lipinski definition) is 5. The van der Waals surface area contributed by atoms with Gasteiger partial charge in [-0.15, -0.1) is 5.10 Å². The highest BCUT2D eigenvalue weighted by Crippen LogP contribution is 2.20. The number of nitrogens with one attached hydrogen (secondary N) is 1. The van der Waals surface area contributed by atoms with Gasteiger partial charge >= 0.3 is 5.69 Å². The van der Waals surface area contributed by atoms with Crippen LogP contribution in [0.4, 0.5) is 0 Å². The maximum atomic E-state index is 13.7. The van der Waals surface area contributed by atoms with Gasteiger partial charge < -0.3 is 5.32 Å². The van der Waals surface area contributed by atoms with Crippen LogP contribution < -0.4 is 16.6 Å². The third kappa shape index (κ3) is 4.61. The molecule has 0 bridgehead atoms. The molecule has 1 atom stereocenters. The van der Waals surface area contributed by atoms with Crippen molar-refractivity contribution in [2.75, 3.05) is 6.54 Å². The Bertz CT molecular complexity index is 1660. The lowest BCUT2D eigenvalue weighted by molar-refractivity contribution is 0.0923. The lowest BCUT2D eigenvalue weighted by Gasteiger charge is -2.13. The van der Waals surface area contributed by atoms with Crippen LogP contribution in [0.2, 0.25) is 0 Å². The number of rotatable bonds is 7. The normalized spacial score (nSPS) is 12.6. The molecule has 2 aromatic heterocycles. The number of aromatic nitrogens is 4. The van der Waals surface area contributed by atoms with E-state index in [4.69, 9.17) is 0 Å². The molecule has 0 saturated carbocycles. The van der Waals surface area contributed by atoms with Crippen molar-refractivity contribution >= 4 is 28.4 Å². The number of Topliss-reactive ketones (excluding diaryl/α,β-unsaturated/α-hetero) is 1. The number of carbonyl (C=O) groups is 2. The highest BCUT2D eigenvalue weighted by Gasteiger charge is 2.26. The van der Waals surface area contributed by atoms with Gasteiger partial charge in [-0.05, 0) is 75.9 Å². The zero-order valence-corrected chi connectivity index (χ0v) is 22.3. The van der Waals surface area contributed by atoms with Crippen molar-refractivity contribution in [2.24, 2.45) is 5.92 Å². The minimum absolute atomic E-state index is 0.122. The Kier molecular flexibility index (Phi) is 6.90. The maximum absolute atomic E-state index is 13.7. The molecular formula is C28H33N5O4. The van der Waals surface area contributed by atoms with Crippen molar-refractivity contribution in [3.05, 3.63) is 79.5 Å². The second-order valence-corrected chi connectivity index (χ2v) is 10.3. The first-order valence-corrected chi connectivity index (χ1v) is 12.5. The van der Waals surface area contributed by atoms with E-state index in [1.54, 1.807) is 31.2 Å². The molecule has 9 nitrogen and oxygen atoms in total. The van der Waals surface area contributed by atoms with Gasteiger partial charge in [0.15, 0.2) is 5.78 Å². The van der Waals surface area contributed by atoms with Crippen LogP contribution in [-0.2, 0) is 0 Å². The summed E-state index contributed by atoms with van der Waals surface area (Å²) >= 11 is 0. The highest BCUT2D eigenvalue weighted by molar-refractivity contribution is 5.99. The van der Waals surface area contributed by atoms with Crippen molar-refractivity contribution in [1.29, 1.82) is 0 Å². The minimum atomic E-state index is -0.905. The second-order valence-electron chi connectivity index (χ2n) is 10.3. The fourth-order valence-corrected chi connectivity index (χ4v) is 4.36. The van der Waals surface area contributed by atoms with Crippen LogP contribution in [0, 0.1) is 19.8 Å². The number of hydrogen-bond donors (Lipinski definition) is 1. The van der Waals surface area contributed by atoms with Gasteiger partial charge in [-0.25, -0.2) is 13.9 Å². The van der Waals surface area contributed by atoms with E-state index < -0.39 is 11.7 Å². The number of carbonyl (C=O) groups excluding carboxylic acids is 2. The second kappa shape index (κ2) is 9.80. The number of nitrogens with zero attached hydrogens (tertiary/aromatic N) is 4. The maximum Gasteiger partial charge on any atom is 0.352 e. The van der Waals surface area contributed by atoms with Crippen LogP contribution in [0.5, 0.6) is 0 Å². The predicted molar refractivity (Wildman–Crippen MR) is 144 cm³/mol. The molecule has 37 heavy (non-hydrogen) atoms. The van der Waals surface area contributed by atoms with Gasteiger partial charge in [0.05, 0.1) is 10.9 Å². The predicted octanol–water partition coefficient (Wildman–Crippen LogP) is 3.84.